The highest BCUT2D eigenvalue weighted by molar-refractivity contribution is 9.11. The van der Waals surface area contributed by atoms with E-state index in [2.05, 4.69) is 37.2 Å². The van der Waals surface area contributed by atoms with E-state index in [-0.39, 0.29) is 28.6 Å². The van der Waals surface area contributed by atoms with Crippen molar-refractivity contribution in [3.05, 3.63) is 101 Å². The summed E-state index contributed by atoms with van der Waals surface area (Å²) >= 11 is 12.9. The van der Waals surface area contributed by atoms with Crippen LogP contribution >= 0.6 is 43.5 Å². The van der Waals surface area contributed by atoms with Crippen molar-refractivity contribution in [3.63, 3.8) is 0 Å². The molecule has 3 aromatic rings. The van der Waals surface area contributed by atoms with E-state index in [1.807, 2.05) is 36.4 Å². The average molecular weight is 592 g/mol. The van der Waals surface area contributed by atoms with E-state index in [4.69, 9.17) is 16.3 Å². The van der Waals surface area contributed by atoms with Crippen molar-refractivity contribution in [3.8, 4) is 11.8 Å². The number of rotatable bonds is 7. The summed E-state index contributed by atoms with van der Waals surface area (Å²) in [6.45, 7) is 0.277. The van der Waals surface area contributed by atoms with Crippen LogP contribution in [0.15, 0.2) is 75.2 Å². The lowest BCUT2D eigenvalue weighted by molar-refractivity contribution is -0.384. The molecule has 166 valence electrons. The highest BCUT2D eigenvalue weighted by Crippen LogP contribution is 2.35. The molecule has 0 saturated carbocycles. The van der Waals surface area contributed by atoms with Gasteiger partial charge < -0.3 is 10.1 Å². The van der Waals surface area contributed by atoms with Gasteiger partial charge in [0, 0.05) is 22.2 Å². The molecule has 0 bridgehead atoms. The van der Waals surface area contributed by atoms with Crippen LogP contribution in [0.4, 0.5) is 11.4 Å². The van der Waals surface area contributed by atoms with E-state index in [1.54, 1.807) is 12.1 Å². The summed E-state index contributed by atoms with van der Waals surface area (Å²) in [7, 11) is 0. The predicted octanol–water partition coefficient (Wildman–Crippen LogP) is 6.90. The van der Waals surface area contributed by atoms with Gasteiger partial charge in [-0.2, -0.15) is 5.26 Å². The summed E-state index contributed by atoms with van der Waals surface area (Å²) in [4.78, 5) is 23.1. The van der Waals surface area contributed by atoms with Crippen LogP contribution < -0.4 is 10.1 Å². The molecule has 0 saturated heterocycles. The number of nitrogens with one attached hydrogen (secondary N) is 1. The minimum absolute atomic E-state index is 0.0213. The zero-order chi connectivity index (χ0) is 24.0. The van der Waals surface area contributed by atoms with Crippen molar-refractivity contribution < 1.29 is 14.5 Å². The number of nitrogens with zero attached hydrogens (tertiary/aromatic N) is 2. The van der Waals surface area contributed by atoms with Crippen LogP contribution in [0.25, 0.3) is 6.08 Å². The van der Waals surface area contributed by atoms with Gasteiger partial charge in [0.15, 0.2) is 0 Å². The van der Waals surface area contributed by atoms with E-state index in [0.29, 0.717) is 20.3 Å². The largest absolute Gasteiger partial charge is 0.487 e. The number of halogens is 3. The summed E-state index contributed by atoms with van der Waals surface area (Å²) < 4.78 is 7.29. The van der Waals surface area contributed by atoms with Crippen molar-refractivity contribution in [1.82, 2.24) is 0 Å². The molecule has 3 aromatic carbocycles. The molecule has 0 radical (unpaired) electrons. The van der Waals surface area contributed by atoms with Crippen LogP contribution in [-0.4, -0.2) is 10.8 Å². The molecule has 0 fully saturated rings. The Balaban J connectivity index is 1.91. The highest BCUT2D eigenvalue weighted by atomic mass is 79.9. The molecule has 0 unspecified atom stereocenters. The summed E-state index contributed by atoms with van der Waals surface area (Å²) in [5.41, 5.74) is 0.953. The van der Waals surface area contributed by atoms with E-state index in [1.165, 1.54) is 18.2 Å². The van der Waals surface area contributed by atoms with E-state index in [9.17, 15) is 20.2 Å². The first-order chi connectivity index (χ1) is 15.8. The lowest BCUT2D eigenvalue weighted by Crippen LogP contribution is -2.14. The van der Waals surface area contributed by atoms with Gasteiger partial charge in [-0.1, -0.05) is 57.9 Å². The third-order valence-electron chi connectivity index (χ3n) is 4.34. The molecular weight excluding hydrogens is 578 g/mol. The third kappa shape index (κ3) is 6.42. The van der Waals surface area contributed by atoms with Crippen molar-refractivity contribution in [2.45, 2.75) is 6.61 Å². The Kier molecular flexibility index (Phi) is 8.22. The molecule has 10 heteroatoms. The molecule has 0 aliphatic carbocycles. The molecule has 0 atom stereocenters. The molecule has 1 amide bonds. The molecular formula is C23H14Br2ClN3O4. The SMILES string of the molecule is N#C/C(=C\c1cc(Br)cc(Br)c1OCc1ccccc1)C(=O)Nc1cc([N+](=O)[O-])ccc1Cl. The van der Waals surface area contributed by atoms with Crippen molar-refractivity contribution in [2.75, 3.05) is 5.32 Å². The van der Waals surface area contributed by atoms with Crippen LogP contribution in [0.3, 0.4) is 0 Å². The van der Waals surface area contributed by atoms with Crippen molar-refractivity contribution >= 4 is 66.8 Å². The van der Waals surface area contributed by atoms with Gasteiger partial charge in [0.05, 0.1) is 20.1 Å². The number of nitro benzene ring substituents is 1. The first-order valence-corrected chi connectivity index (χ1v) is 11.3. The number of amides is 1. The van der Waals surface area contributed by atoms with E-state index >= 15 is 0 Å². The zero-order valence-electron chi connectivity index (χ0n) is 16.7. The highest BCUT2D eigenvalue weighted by Gasteiger charge is 2.17. The molecule has 0 aliphatic heterocycles. The quantitative estimate of drug-likeness (QED) is 0.139. The monoisotopic (exact) mass is 589 g/mol. The van der Waals surface area contributed by atoms with Gasteiger partial charge in [-0.05, 0) is 45.8 Å². The Labute approximate surface area is 211 Å². The molecule has 0 aliphatic rings. The number of anilines is 1. The number of nitriles is 1. The first-order valence-electron chi connectivity index (χ1n) is 9.31. The standard InChI is InChI=1S/C23H14Br2ClN3O4/c24-17-9-15(22(19(25)10-17)33-13-14-4-2-1-3-5-14)8-16(12-27)23(30)28-21-11-18(29(31)32)6-7-20(21)26/h1-11H,13H2,(H,28,30)/b16-8+. The number of carbonyl (C=O) groups excluding carboxylic acids is 1. The molecule has 33 heavy (non-hydrogen) atoms. The summed E-state index contributed by atoms with van der Waals surface area (Å²) in [5, 5.41) is 23.2. The second-order valence-corrected chi connectivity index (χ2v) is 8.80. The molecule has 3 rings (SSSR count). The minimum Gasteiger partial charge on any atom is -0.487 e. The maximum atomic E-state index is 12.7. The fraction of sp³-hybridized carbons (Fsp3) is 0.0435. The Hall–Kier alpha value is -3.19. The van der Waals surface area contributed by atoms with Crippen LogP contribution in [0, 0.1) is 21.4 Å². The fourth-order valence-corrected chi connectivity index (χ4v) is 4.32. The molecule has 0 aromatic heterocycles. The zero-order valence-corrected chi connectivity index (χ0v) is 20.6. The lowest BCUT2D eigenvalue weighted by atomic mass is 10.1. The summed E-state index contributed by atoms with van der Waals surface area (Å²) in [6.07, 6.45) is 1.37. The van der Waals surface area contributed by atoms with Gasteiger partial charge in [-0.15, -0.1) is 0 Å². The number of benzene rings is 3. The first kappa shape index (κ1) is 24.5. The van der Waals surface area contributed by atoms with Crippen LogP contribution in [-0.2, 0) is 11.4 Å². The van der Waals surface area contributed by atoms with Crippen LogP contribution in [0.2, 0.25) is 5.02 Å². The number of carbonyl (C=O) groups is 1. The number of nitro groups is 1. The second-order valence-electron chi connectivity index (χ2n) is 6.63. The minimum atomic E-state index is -0.773. The normalized spacial score (nSPS) is 10.9. The lowest BCUT2D eigenvalue weighted by Gasteiger charge is -2.13. The average Bonchev–Trinajstić information content (AvgIpc) is 2.78. The van der Waals surface area contributed by atoms with Crippen LogP contribution in [0.1, 0.15) is 11.1 Å². The van der Waals surface area contributed by atoms with E-state index in [0.717, 1.165) is 11.6 Å². The van der Waals surface area contributed by atoms with Gasteiger partial charge in [-0.25, -0.2) is 0 Å². The van der Waals surface area contributed by atoms with Crippen molar-refractivity contribution in [2.24, 2.45) is 0 Å². The summed E-state index contributed by atoms with van der Waals surface area (Å²) in [5.74, 6) is -0.332. The number of hydrogen-bond donors (Lipinski definition) is 1. The van der Waals surface area contributed by atoms with Gasteiger partial charge >= 0.3 is 0 Å². The Morgan fingerprint density at radius 3 is 2.58 bits per heavy atom. The summed E-state index contributed by atoms with van der Waals surface area (Å²) in [6, 6.07) is 18.5. The van der Waals surface area contributed by atoms with Gasteiger partial charge in [-0.3, -0.25) is 14.9 Å². The van der Waals surface area contributed by atoms with E-state index < -0.39 is 10.8 Å². The van der Waals surface area contributed by atoms with Gasteiger partial charge in [0.2, 0.25) is 0 Å². The van der Waals surface area contributed by atoms with Gasteiger partial charge in [0.25, 0.3) is 11.6 Å². The molecule has 0 spiro atoms. The third-order valence-corrected chi connectivity index (χ3v) is 5.71. The maximum absolute atomic E-state index is 12.7. The molecule has 1 N–H and O–H groups in total. The molecule has 7 nitrogen and oxygen atoms in total. The number of non-ortho nitro benzene ring substituents is 1. The van der Waals surface area contributed by atoms with Crippen LogP contribution in [0.5, 0.6) is 5.75 Å². The second kappa shape index (κ2) is 11.1. The predicted molar refractivity (Wildman–Crippen MR) is 133 cm³/mol. The fourth-order valence-electron chi connectivity index (χ4n) is 2.79. The Bertz CT molecular complexity index is 1290. The number of hydrogen-bond acceptors (Lipinski definition) is 5. The topological polar surface area (TPSA) is 105 Å². The Morgan fingerprint density at radius 2 is 1.91 bits per heavy atom. The van der Waals surface area contributed by atoms with Crippen molar-refractivity contribution in [1.29, 1.82) is 5.26 Å². The smallest absolute Gasteiger partial charge is 0.271 e. The number of ether oxygens (including phenoxy) is 1. The maximum Gasteiger partial charge on any atom is 0.271 e. The Morgan fingerprint density at radius 1 is 1.18 bits per heavy atom. The molecule has 0 heterocycles. The van der Waals surface area contributed by atoms with Gasteiger partial charge in [0.1, 0.15) is 24.0 Å².